The van der Waals surface area contributed by atoms with Gasteiger partial charge >= 0.3 is 11.6 Å². The second kappa shape index (κ2) is 18.2. The van der Waals surface area contributed by atoms with Crippen molar-refractivity contribution in [2.24, 2.45) is 17.8 Å². The van der Waals surface area contributed by atoms with Gasteiger partial charge in [0.2, 0.25) is 5.91 Å². The van der Waals surface area contributed by atoms with E-state index in [0.29, 0.717) is 72.4 Å². The molecule has 3 fully saturated rings. The number of nitrogens with two attached hydrogens (primary N) is 1. The number of aromatic nitrogens is 1. The molecule has 1 spiro atoms. The van der Waals surface area contributed by atoms with E-state index in [1.807, 2.05) is 37.1 Å². The molecule has 5 N–H and O–H groups in total. The predicted molar refractivity (Wildman–Crippen MR) is 253 cm³/mol. The number of aldehydes is 1. The van der Waals surface area contributed by atoms with Gasteiger partial charge in [0.05, 0.1) is 18.4 Å². The Morgan fingerprint density at radius 2 is 1.95 bits per heavy atom. The number of anilines is 1. The molecule has 1 amide bonds. The lowest BCUT2D eigenvalue weighted by Gasteiger charge is -2.58. The molecule has 3 aliphatic heterocycles. The lowest BCUT2D eigenvalue weighted by Crippen LogP contribution is -2.72. The number of benzene rings is 1. The Bertz CT molecular complexity index is 2490. The van der Waals surface area contributed by atoms with Crippen molar-refractivity contribution in [3.8, 4) is 5.75 Å². The molecule has 65 heavy (non-hydrogen) atoms. The monoisotopic (exact) mass is 926 g/mol. The van der Waals surface area contributed by atoms with Crippen molar-refractivity contribution in [2.45, 2.75) is 131 Å². The molecule has 1 saturated heterocycles. The standard InChI is InChI=1S/C50H62N4O9S2/c1-5-28(2)46(59)63-48(3)14-11-29-27-64-65-40-18-33(25-56)44(52-4)36-24-54(45(36)40)42(58)19-32-23-53-41(51)20-35(32)43(29)50(48)22-31-16-30-17-37(47(60)61-38(30)21-39(31)62-50)49(12-7-6-8-13-49)34(26-57)10-9-15-55/h5,11,16-17,20-21,23,25,33-34,36,40,43-45,52,55,57H,6-10,12-15,18-19,22,24,26-27H2,1-4H3,(H2,51,53). The second-order valence-electron chi connectivity index (χ2n) is 19.5. The number of esters is 1. The molecule has 13 nitrogen and oxygen atoms in total. The van der Waals surface area contributed by atoms with Gasteiger partial charge in [-0.05, 0) is 101 Å². The van der Waals surface area contributed by atoms with E-state index in [-0.39, 0.29) is 66.4 Å². The van der Waals surface area contributed by atoms with Gasteiger partial charge in [-0.15, -0.1) is 0 Å². The number of aliphatic hydroxyl groups excluding tert-OH is 2. The third kappa shape index (κ3) is 7.74. The number of amides is 1. The van der Waals surface area contributed by atoms with E-state index in [0.717, 1.165) is 60.5 Å². The van der Waals surface area contributed by atoms with Gasteiger partial charge in [0, 0.05) is 95.7 Å². The SMILES string of the molecule is CC=C(C)C(=O)OC1(C)CC=C2CSSC3CC(C=O)C(NC)C4CN(C(=O)Cc5cnc(N)cc5C2C12Cc1cc5cc(C6(C(CO)CCCO)CCCCC6)c(=O)oc5cc1O2)C34. The van der Waals surface area contributed by atoms with Crippen LogP contribution in [0.3, 0.4) is 0 Å². The van der Waals surface area contributed by atoms with Crippen molar-refractivity contribution in [1.29, 1.82) is 0 Å². The highest BCUT2D eigenvalue weighted by atomic mass is 33.1. The van der Waals surface area contributed by atoms with Crippen molar-refractivity contribution in [2.75, 3.05) is 38.3 Å². The summed E-state index contributed by atoms with van der Waals surface area (Å²) in [4.78, 5) is 61.7. The second-order valence-corrected chi connectivity index (χ2v) is 22.1. The van der Waals surface area contributed by atoms with Crippen LogP contribution in [0.2, 0.25) is 0 Å². The van der Waals surface area contributed by atoms with E-state index in [9.17, 15) is 29.4 Å². The average Bonchev–Trinajstić information content (AvgIpc) is 3.66. The first-order valence-electron chi connectivity index (χ1n) is 23.4. The van der Waals surface area contributed by atoms with Crippen molar-refractivity contribution >= 4 is 56.5 Å². The van der Waals surface area contributed by atoms with Crippen LogP contribution >= 0.6 is 21.6 Å². The third-order valence-electron chi connectivity index (χ3n) is 16.2. The molecular weight excluding hydrogens is 865 g/mol. The van der Waals surface area contributed by atoms with Crippen LogP contribution in [0, 0.1) is 17.8 Å². The maximum absolute atomic E-state index is 14.6. The Morgan fingerprint density at radius 3 is 2.68 bits per heavy atom. The highest BCUT2D eigenvalue weighted by Gasteiger charge is 2.64. The molecule has 15 heteroatoms. The number of carbonyl (C=O) groups excluding carboxylic acids is 3. The zero-order valence-corrected chi connectivity index (χ0v) is 39.4. The summed E-state index contributed by atoms with van der Waals surface area (Å²) in [6.45, 7) is 5.93. The Balaban J connectivity index is 1.18. The third-order valence-corrected chi connectivity index (χ3v) is 19.0. The Hall–Kier alpha value is -4.15. The summed E-state index contributed by atoms with van der Waals surface area (Å²) in [6, 6.07) is 7.59. The summed E-state index contributed by atoms with van der Waals surface area (Å²) in [6.07, 6.45) is 13.5. The predicted octanol–water partition coefficient (Wildman–Crippen LogP) is 6.35. The molecule has 9 unspecified atom stereocenters. The number of pyridine rings is 1. The summed E-state index contributed by atoms with van der Waals surface area (Å²) in [5.74, 6) is 0.118. The highest BCUT2D eigenvalue weighted by Crippen LogP contribution is 2.59. The fraction of sp³-hybridized carbons (Fsp3) is 0.580. The van der Waals surface area contributed by atoms with Gasteiger partial charge in [-0.25, -0.2) is 14.6 Å². The first-order chi connectivity index (χ1) is 31.3. The number of allylic oxidation sites excluding steroid dienone is 1. The molecule has 3 aliphatic carbocycles. The zero-order chi connectivity index (χ0) is 45.8. The van der Waals surface area contributed by atoms with Gasteiger partial charge in [-0.2, -0.15) is 0 Å². The molecule has 2 aromatic heterocycles. The molecule has 6 aliphatic rings. The molecule has 5 heterocycles. The van der Waals surface area contributed by atoms with Crippen molar-refractivity contribution in [1.82, 2.24) is 15.2 Å². The molecule has 9 atom stereocenters. The van der Waals surface area contributed by atoms with Gasteiger partial charge in [-0.3, -0.25) is 4.79 Å². The van der Waals surface area contributed by atoms with Crippen LogP contribution in [0.5, 0.6) is 5.75 Å². The van der Waals surface area contributed by atoms with E-state index in [4.69, 9.17) is 19.6 Å². The fourth-order valence-electron chi connectivity index (χ4n) is 12.6. The number of nitrogens with zero attached hydrogens (tertiary/aromatic N) is 2. The lowest BCUT2D eigenvalue weighted by atomic mass is 9.61. The molecule has 0 bridgehead atoms. The molecule has 1 aromatic carbocycles. The van der Waals surface area contributed by atoms with Crippen LogP contribution in [-0.4, -0.2) is 99.4 Å². The maximum Gasteiger partial charge on any atom is 0.340 e. The highest BCUT2D eigenvalue weighted by molar-refractivity contribution is 8.77. The Labute approximate surface area is 388 Å². The van der Waals surface area contributed by atoms with Gasteiger partial charge in [0.1, 0.15) is 23.4 Å². The number of ether oxygens (including phenoxy) is 2. The molecule has 9 rings (SSSR count). The molecule has 0 radical (unpaired) electrons. The van der Waals surface area contributed by atoms with Crippen LogP contribution < -0.4 is 21.4 Å². The quantitative estimate of drug-likeness (QED) is 0.0439. The minimum absolute atomic E-state index is 0.00189. The summed E-state index contributed by atoms with van der Waals surface area (Å²) < 4.78 is 20.3. The molecule has 348 valence electrons. The minimum atomic E-state index is -1.26. The number of rotatable bonds is 10. The summed E-state index contributed by atoms with van der Waals surface area (Å²) >= 11 is 0. The summed E-state index contributed by atoms with van der Waals surface area (Å²) in [7, 11) is 5.35. The first kappa shape index (κ1) is 46.0. The number of hydrogen-bond donors (Lipinski definition) is 4. The molecular formula is C50H62N4O9S2. The van der Waals surface area contributed by atoms with E-state index in [1.165, 1.54) is 0 Å². The molecule has 3 aromatic rings. The minimum Gasteiger partial charge on any atom is -0.481 e. The van der Waals surface area contributed by atoms with Gasteiger partial charge in [-0.1, -0.05) is 58.6 Å². The first-order valence-corrected chi connectivity index (χ1v) is 25.7. The van der Waals surface area contributed by atoms with Crippen LogP contribution in [0.25, 0.3) is 11.0 Å². The number of hydrogen-bond acceptors (Lipinski definition) is 14. The maximum atomic E-state index is 14.6. The van der Waals surface area contributed by atoms with Crippen LogP contribution in [-0.2, 0) is 37.4 Å². The Morgan fingerprint density at radius 1 is 1.15 bits per heavy atom. The van der Waals surface area contributed by atoms with E-state index in [1.54, 1.807) is 53.8 Å². The van der Waals surface area contributed by atoms with Crippen molar-refractivity contribution < 1.29 is 38.5 Å². The normalized spacial score (nSPS) is 31.2. The number of aliphatic hydroxyl groups is 2. The van der Waals surface area contributed by atoms with Gasteiger partial charge in [0.25, 0.3) is 0 Å². The average molecular weight is 927 g/mol. The molecule has 2 saturated carbocycles. The lowest BCUT2D eigenvalue weighted by molar-refractivity contribution is -0.183. The number of carbonyl (C=O) groups is 3. The zero-order valence-electron chi connectivity index (χ0n) is 37.8. The fourth-order valence-corrected chi connectivity index (χ4v) is 15.7. The topological polar surface area (TPSA) is 195 Å². The number of nitrogens with one attached hydrogen (secondary N) is 1. The van der Waals surface area contributed by atoms with E-state index in [2.05, 4.69) is 16.4 Å². The van der Waals surface area contributed by atoms with Gasteiger partial charge < -0.3 is 44.8 Å². The number of fused-ring (bicyclic) bond motifs is 6. The van der Waals surface area contributed by atoms with Crippen molar-refractivity contribution in [3.05, 3.63) is 86.4 Å². The van der Waals surface area contributed by atoms with Crippen LogP contribution in [0.1, 0.15) is 107 Å². The van der Waals surface area contributed by atoms with E-state index >= 15 is 0 Å². The van der Waals surface area contributed by atoms with Crippen LogP contribution in [0.15, 0.2) is 63.0 Å². The van der Waals surface area contributed by atoms with Crippen LogP contribution in [0.4, 0.5) is 5.82 Å². The van der Waals surface area contributed by atoms with Crippen molar-refractivity contribution in [3.63, 3.8) is 0 Å². The largest absolute Gasteiger partial charge is 0.481 e. The number of nitrogen functional groups attached to an aromatic ring is 1. The summed E-state index contributed by atoms with van der Waals surface area (Å²) in [5, 5.41) is 24.7. The summed E-state index contributed by atoms with van der Waals surface area (Å²) in [5.41, 5.74) is 7.77. The Kier molecular flexibility index (Phi) is 12.8. The smallest absolute Gasteiger partial charge is 0.340 e. The van der Waals surface area contributed by atoms with E-state index < -0.39 is 34.1 Å². The van der Waals surface area contributed by atoms with Gasteiger partial charge in [0.15, 0.2) is 11.2 Å².